The number of aromatic nitrogens is 1. The summed E-state index contributed by atoms with van der Waals surface area (Å²) in [6, 6.07) is 10.1. The third kappa shape index (κ3) is 2.84. The molecule has 2 aromatic rings. The van der Waals surface area contributed by atoms with Crippen LogP contribution in [0.2, 0.25) is 0 Å². The molecular weight excluding hydrogens is 256 g/mol. The van der Waals surface area contributed by atoms with Gasteiger partial charge in [0.25, 0.3) is 0 Å². The van der Waals surface area contributed by atoms with E-state index >= 15 is 0 Å². The molecule has 0 aliphatic heterocycles. The summed E-state index contributed by atoms with van der Waals surface area (Å²) >= 11 is 1.53. The Morgan fingerprint density at radius 2 is 1.95 bits per heavy atom. The van der Waals surface area contributed by atoms with Crippen LogP contribution in [0.4, 0.5) is 5.13 Å². The Morgan fingerprint density at radius 3 is 2.68 bits per heavy atom. The summed E-state index contributed by atoms with van der Waals surface area (Å²) in [5.41, 5.74) is 1.14. The lowest BCUT2D eigenvalue weighted by Crippen LogP contribution is -2.19. The summed E-state index contributed by atoms with van der Waals surface area (Å²) in [7, 11) is 0. The van der Waals surface area contributed by atoms with Crippen LogP contribution in [0.15, 0.2) is 36.5 Å². The van der Waals surface area contributed by atoms with E-state index in [1.807, 2.05) is 24.4 Å². The second kappa shape index (κ2) is 5.53. The maximum absolute atomic E-state index is 12.0. The van der Waals surface area contributed by atoms with Gasteiger partial charge in [-0.15, -0.1) is 0 Å². The molecular formula is C15H16N2OS. The van der Waals surface area contributed by atoms with E-state index in [4.69, 9.17) is 0 Å². The van der Waals surface area contributed by atoms with Gasteiger partial charge >= 0.3 is 0 Å². The molecule has 1 aromatic carbocycles. The van der Waals surface area contributed by atoms with E-state index in [2.05, 4.69) is 22.4 Å². The van der Waals surface area contributed by atoms with E-state index in [-0.39, 0.29) is 11.8 Å². The number of rotatable bonds is 3. The van der Waals surface area contributed by atoms with E-state index < -0.39 is 0 Å². The molecule has 4 heteroatoms. The summed E-state index contributed by atoms with van der Waals surface area (Å²) in [5, 5.41) is 3.65. The van der Waals surface area contributed by atoms with E-state index in [1.54, 1.807) is 0 Å². The number of hydrogen-bond donors (Lipinski definition) is 1. The lowest BCUT2D eigenvalue weighted by atomic mass is 10.1. The Hall–Kier alpha value is -1.68. The molecule has 0 spiro atoms. The van der Waals surface area contributed by atoms with Gasteiger partial charge in [0, 0.05) is 12.1 Å². The van der Waals surface area contributed by atoms with Gasteiger partial charge in [0.15, 0.2) is 5.13 Å². The zero-order chi connectivity index (χ0) is 13.1. The summed E-state index contributed by atoms with van der Waals surface area (Å²) in [6.07, 6.45) is 6.20. The van der Waals surface area contributed by atoms with Crippen molar-refractivity contribution in [2.75, 3.05) is 5.32 Å². The van der Waals surface area contributed by atoms with Gasteiger partial charge in [-0.25, -0.2) is 4.98 Å². The molecule has 3 nitrogen and oxygen atoms in total. The van der Waals surface area contributed by atoms with E-state index in [0.717, 1.165) is 23.3 Å². The summed E-state index contributed by atoms with van der Waals surface area (Å²) < 4.78 is 0. The van der Waals surface area contributed by atoms with Gasteiger partial charge in [-0.2, -0.15) is 0 Å². The molecule has 0 unspecified atom stereocenters. The summed E-state index contributed by atoms with van der Waals surface area (Å²) in [4.78, 5) is 17.4. The second-order valence-electron chi connectivity index (χ2n) is 4.87. The predicted octanol–water partition coefficient (Wildman–Crippen LogP) is 3.94. The number of anilines is 1. The van der Waals surface area contributed by atoms with Crippen molar-refractivity contribution in [3.05, 3.63) is 36.5 Å². The molecule has 19 heavy (non-hydrogen) atoms. The molecule has 0 saturated heterocycles. The second-order valence-corrected chi connectivity index (χ2v) is 5.90. The monoisotopic (exact) mass is 272 g/mol. The van der Waals surface area contributed by atoms with Crippen molar-refractivity contribution >= 4 is 22.4 Å². The Labute approximate surface area is 116 Å². The standard InChI is InChI=1S/C15H16N2OS/c18-14(12-8-4-5-9-12)17-15-16-10-13(19-15)11-6-2-1-3-7-11/h1-3,6-7,10,12H,4-5,8-9H2,(H,16,17,18). The number of nitrogens with zero attached hydrogens (tertiary/aromatic N) is 1. The highest BCUT2D eigenvalue weighted by Gasteiger charge is 2.23. The van der Waals surface area contributed by atoms with E-state index in [9.17, 15) is 4.79 Å². The van der Waals surface area contributed by atoms with Crippen LogP contribution in [-0.2, 0) is 4.79 Å². The lowest BCUT2D eigenvalue weighted by Gasteiger charge is -2.07. The molecule has 0 radical (unpaired) electrons. The maximum Gasteiger partial charge on any atom is 0.229 e. The fraction of sp³-hybridized carbons (Fsp3) is 0.333. The Morgan fingerprint density at radius 1 is 1.21 bits per heavy atom. The van der Waals surface area contributed by atoms with Crippen molar-refractivity contribution in [3.8, 4) is 10.4 Å². The molecule has 1 aliphatic carbocycles. The first-order valence-electron chi connectivity index (χ1n) is 6.65. The first-order chi connectivity index (χ1) is 9.33. The van der Waals surface area contributed by atoms with Crippen LogP contribution in [0, 0.1) is 5.92 Å². The van der Waals surface area contributed by atoms with Crippen LogP contribution in [0.5, 0.6) is 0 Å². The topological polar surface area (TPSA) is 42.0 Å². The van der Waals surface area contributed by atoms with Crippen LogP contribution in [-0.4, -0.2) is 10.9 Å². The van der Waals surface area contributed by atoms with Crippen molar-refractivity contribution in [2.24, 2.45) is 5.92 Å². The highest BCUT2D eigenvalue weighted by Crippen LogP contribution is 2.30. The molecule has 1 heterocycles. The summed E-state index contributed by atoms with van der Waals surface area (Å²) in [6.45, 7) is 0. The van der Waals surface area contributed by atoms with Crippen molar-refractivity contribution in [1.29, 1.82) is 0 Å². The van der Waals surface area contributed by atoms with Gasteiger partial charge in [0.05, 0.1) is 4.88 Å². The van der Waals surface area contributed by atoms with Gasteiger partial charge in [-0.05, 0) is 18.4 Å². The first-order valence-corrected chi connectivity index (χ1v) is 7.47. The third-order valence-electron chi connectivity index (χ3n) is 3.52. The van der Waals surface area contributed by atoms with E-state index in [0.29, 0.717) is 5.13 Å². The molecule has 1 saturated carbocycles. The molecule has 1 fully saturated rings. The number of carbonyl (C=O) groups excluding carboxylic acids is 1. The van der Waals surface area contributed by atoms with Crippen molar-refractivity contribution in [3.63, 3.8) is 0 Å². The Kier molecular flexibility index (Phi) is 3.60. The molecule has 0 atom stereocenters. The first kappa shape index (κ1) is 12.4. The van der Waals surface area contributed by atoms with Crippen LogP contribution >= 0.6 is 11.3 Å². The normalized spacial score (nSPS) is 15.6. The van der Waals surface area contributed by atoms with Crippen molar-refractivity contribution in [1.82, 2.24) is 4.98 Å². The quantitative estimate of drug-likeness (QED) is 0.919. The zero-order valence-electron chi connectivity index (χ0n) is 10.6. The number of hydrogen-bond acceptors (Lipinski definition) is 3. The fourth-order valence-corrected chi connectivity index (χ4v) is 3.29. The molecule has 1 aliphatic rings. The van der Waals surface area contributed by atoms with Crippen molar-refractivity contribution < 1.29 is 4.79 Å². The average molecular weight is 272 g/mol. The van der Waals surface area contributed by atoms with Crippen LogP contribution in [0.25, 0.3) is 10.4 Å². The molecule has 98 valence electrons. The SMILES string of the molecule is O=C(Nc1ncc(-c2ccccc2)s1)C1CCCC1. The molecule has 1 amide bonds. The van der Waals surface area contributed by atoms with Crippen LogP contribution in [0.1, 0.15) is 25.7 Å². The highest BCUT2D eigenvalue weighted by molar-refractivity contribution is 7.19. The highest BCUT2D eigenvalue weighted by atomic mass is 32.1. The van der Waals surface area contributed by atoms with Crippen LogP contribution in [0.3, 0.4) is 0 Å². The van der Waals surface area contributed by atoms with Gasteiger partial charge < -0.3 is 5.32 Å². The van der Waals surface area contributed by atoms with Gasteiger partial charge in [0.1, 0.15) is 0 Å². The average Bonchev–Trinajstić information content (AvgIpc) is 3.11. The minimum absolute atomic E-state index is 0.131. The number of benzene rings is 1. The summed E-state index contributed by atoms with van der Waals surface area (Å²) in [5.74, 6) is 0.315. The minimum Gasteiger partial charge on any atom is -0.302 e. The lowest BCUT2D eigenvalue weighted by molar-refractivity contribution is -0.119. The van der Waals surface area contributed by atoms with Gasteiger partial charge in [-0.3, -0.25) is 4.79 Å². The van der Waals surface area contributed by atoms with Crippen molar-refractivity contribution in [2.45, 2.75) is 25.7 Å². The predicted molar refractivity (Wildman–Crippen MR) is 78.1 cm³/mol. The molecule has 3 rings (SSSR count). The zero-order valence-corrected chi connectivity index (χ0v) is 11.5. The van der Waals surface area contributed by atoms with Gasteiger partial charge in [-0.1, -0.05) is 54.5 Å². The molecule has 0 bridgehead atoms. The van der Waals surface area contributed by atoms with Crippen LogP contribution < -0.4 is 5.32 Å². The number of nitrogens with one attached hydrogen (secondary N) is 1. The fourth-order valence-electron chi connectivity index (χ4n) is 2.46. The Balaban J connectivity index is 1.70. The van der Waals surface area contributed by atoms with E-state index in [1.165, 1.54) is 24.2 Å². The number of thiazole rings is 1. The minimum atomic E-state index is 0.131. The largest absolute Gasteiger partial charge is 0.302 e. The maximum atomic E-state index is 12.0. The third-order valence-corrected chi connectivity index (χ3v) is 4.48. The Bertz CT molecular complexity index is 559. The number of amides is 1. The number of carbonyl (C=O) groups is 1. The molecule has 1 N–H and O–H groups in total. The smallest absolute Gasteiger partial charge is 0.229 e. The molecule has 1 aromatic heterocycles. The van der Waals surface area contributed by atoms with Gasteiger partial charge in [0.2, 0.25) is 5.91 Å².